The van der Waals surface area contributed by atoms with E-state index >= 15 is 0 Å². The Kier molecular flexibility index (Phi) is 5.13. The fourth-order valence-electron chi connectivity index (χ4n) is 1.05. The van der Waals surface area contributed by atoms with E-state index < -0.39 is 0 Å². The fourth-order valence-corrected chi connectivity index (χ4v) is 2.45. The van der Waals surface area contributed by atoms with Crippen molar-refractivity contribution in [2.45, 2.75) is 31.8 Å². The Morgan fingerprint density at radius 3 is 2.53 bits per heavy atom. The quantitative estimate of drug-likeness (QED) is 0.763. The van der Waals surface area contributed by atoms with Crippen LogP contribution in [-0.4, -0.2) is 5.25 Å². The molecule has 1 unspecified atom stereocenters. The highest BCUT2D eigenvalue weighted by Gasteiger charge is 2.09. The zero-order valence-corrected chi connectivity index (χ0v) is 11.7. The van der Waals surface area contributed by atoms with E-state index in [0.717, 1.165) is 15.8 Å². The van der Waals surface area contributed by atoms with E-state index in [0.29, 0.717) is 11.2 Å². The summed E-state index contributed by atoms with van der Waals surface area (Å²) in [5.74, 6) is 1.26. The first kappa shape index (κ1) is 13.0. The lowest BCUT2D eigenvalue weighted by Crippen LogP contribution is -2.06. The predicted molar refractivity (Wildman–Crippen MR) is 69.7 cm³/mol. The maximum Gasteiger partial charge on any atom is 0.128 e. The van der Waals surface area contributed by atoms with E-state index in [1.807, 2.05) is 12.1 Å². The van der Waals surface area contributed by atoms with Crippen molar-refractivity contribution in [3.8, 4) is 0 Å². The van der Waals surface area contributed by atoms with Crippen LogP contribution in [-0.2, 0) is 5.75 Å². The Morgan fingerprint density at radius 1 is 1.33 bits per heavy atom. The van der Waals surface area contributed by atoms with Crippen LogP contribution in [0.1, 0.15) is 26.3 Å². The predicted octanol–water partition coefficient (Wildman–Crippen LogP) is 4.87. The van der Waals surface area contributed by atoms with Crippen molar-refractivity contribution >= 4 is 27.7 Å². The number of thioether (sulfide) groups is 1. The summed E-state index contributed by atoms with van der Waals surface area (Å²) < 4.78 is 14.3. The van der Waals surface area contributed by atoms with E-state index in [9.17, 15) is 4.39 Å². The number of rotatable bonds is 4. The standard InChI is InChI=1S/C12H16BrFS/c1-8(2)9(3)15-7-10-4-5-11(13)6-12(10)14/h4-6,8-9H,7H2,1-3H3. The molecule has 0 spiro atoms. The van der Waals surface area contributed by atoms with Gasteiger partial charge in [0.25, 0.3) is 0 Å². The third kappa shape index (κ3) is 4.15. The molecule has 1 rings (SSSR count). The van der Waals surface area contributed by atoms with Gasteiger partial charge in [0.2, 0.25) is 0 Å². The molecule has 1 atom stereocenters. The van der Waals surface area contributed by atoms with Crippen LogP contribution in [0.25, 0.3) is 0 Å². The van der Waals surface area contributed by atoms with Gasteiger partial charge in [0.05, 0.1) is 0 Å². The van der Waals surface area contributed by atoms with Crippen LogP contribution < -0.4 is 0 Å². The summed E-state index contributed by atoms with van der Waals surface area (Å²) >= 11 is 5.06. The van der Waals surface area contributed by atoms with Crippen molar-refractivity contribution in [2.75, 3.05) is 0 Å². The molecule has 0 heterocycles. The number of halogens is 2. The molecule has 0 nitrogen and oxygen atoms in total. The Labute approximate surface area is 104 Å². The molecule has 0 radical (unpaired) electrons. The summed E-state index contributed by atoms with van der Waals surface area (Å²) in [7, 11) is 0. The van der Waals surface area contributed by atoms with Crippen LogP contribution in [0.3, 0.4) is 0 Å². The van der Waals surface area contributed by atoms with Crippen molar-refractivity contribution in [1.29, 1.82) is 0 Å². The van der Waals surface area contributed by atoms with Crippen molar-refractivity contribution in [3.63, 3.8) is 0 Å². The van der Waals surface area contributed by atoms with Gasteiger partial charge in [-0.2, -0.15) is 11.8 Å². The lowest BCUT2D eigenvalue weighted by molar-refractivity contribution is 0.615. The number of benzene rings is 1. The topological polar surface area (TPSA) is 0 Å². The first-order valence-electron chi connectivity index (χ1n) is 5.06. The molecule has 0 aliphatic heterocycles. The van der Waals surface area contributed by atoms with Gasteiger partial charge in [-0.25, -0.2) is 4.39 Å². The monoisotopic (exact) mass is 290 g/mol. The molecule has 0 bridgehead atoms. The summed E-state index contributed by atoms with van der Waals surface area (Å²) in [6.45, 7) is 6.57. The van der Waals surface area contributed by atoms with Gasteiger partial charge in [0.15, 0.2) is 0 Å². The molecule has 15 heavy (non-hydrogen) atoms. The van der Waals surface area contributed by atoms with E-state index in [1.165, 1.54) is 6.07 Å². The highest BCUT2D eigenvalue weighted by Crippen LogP contribution is 2.25. The molecule has 1 aromatic rings. The molecule has 3 heteroatoms. The zero-order chi connectivity index (χ0) is 11.4. The van der Waals surface area contributed by atoms with Crippen LogP contribution in [0.2, 0.25) is 0 Å². The van der Waals surface area contributed by atoms with Gasteiger partial charge in [0, 0.05) is 15.5 Å². The SMILES string of the molecule is CC(C)C(C)SCc1ccc(Br)cc1F. The zero-order valence-electron chi connectivity index (χ0n) is 9.26. The molecule has 0 aromatic heterocycles. The second-order valence-electron chi connectivity index (χ2n) is 4.00. The first-order chi connectivity index (χ1) is 7.00. The van der Waals surface area contributed by atoms with Crippen LogP contribution in [0, 0.1) is 11.7 Å². The molecule has 0 amide bonds. The van der Waals surface area contributed by atoms with E-state index in [-0.39, 0.29) is 5.82 Å². The van der Waals surface area contributed by atoms with Crippen LogP contribution in [0.15, 0.2) is 22.7 Å². The first-order valence-corrected chi connectivity index (χ1v) is 6.90. The van der Waals surface area contributed by atoms with Crippen molar-refractivity contribution in [3.05, 3.63) is 34.1 Å². The number of hydrogen-bond acceptors (Lipinski definition) is 1. The Bertz CT molecular complexity index is 325. The lowest BCUT2D eigenvalue weighted by atomic mass is 10.2. The lowest BCUT2D eigenvalue weighted by Gasteiger charge is -2.15. The Hall–Kier alpha value is -0.0200. The summed E-state index contributed by atoms with van der Waals surface area (Å²) in [5.41, 5.74) is 0.788. The van der Waals surface area contributed by atoms with Gasteiger partial charge in [-0.05, 0) is 23.6 Å². The van der Waals surface area contributed by atoms with Crippen LogP contribution in [0.5, 0.6) is 0 Å². The van der Waals surface area contributed by atoms with Gasteiger partial charge < -0.3 is 0 Å². The molecule has 0 aliphatic carbocycles. The van der Waals surface area contributed by atoms with Crippen LogP contribution in [0.4, 0.5) is 4.39 Å². The highest BCUT2D eigenvalue weighted by molar-refractivity contribution is 9.10. The fraction of sp³-hybridized carbons (Fsp3) is 0.500. The number of hydrogen-bond donors (Lipinski definition) is 0. The normalized spacial score (nSPS) is 13.2. The molecule has 0 aliphatic rings. The Morgan fingerprint density at radius 2 is 2.00 bits per heavy atom. The second kappa shape index (κ2) is 5.90. The van der Waals surface area contributed by atoms with Crippen LogP contribution >= 0.6 is 27.7 Å². The minimum Gasteiger partial charge on any atom is -0.207 e. The smallest absolute Gasteiger partial charge is 0.128 e. The second-order valence-corrected chi connectivity index (χ2v) is 6.28. The summed E-state index contributed by atoms with van der Waals surface area (Å²) in [6, 6.07) is 5.26. The molecule has 1 aromatic carbocycles. The van der Waals surface area contributed by atoms with Gasteiger partial charge in [-0.15, -0.1) is 0 Å². The van der Waals surface area contributed by atoms with E-state index in [1.54, 1.807) is 11.8 Å². The largest absolute Gasteiger partial charge is 0.207 e. The molecule has 0 saturated carbocycles. The molecular formula is C12H16BrFS. The minimum absolute atomic E-state index is 0.118. The molecular weight excluding hydrogens is 275 g/mol. The maximum absolute atomic E-state index is 13.5. The highest BCUT2D eigenvalue weighted by atomic mass is 79.9. The minimum atomic E-state index is -0.118. The van der Waals surface area contributed by atoms with Crippen molar-refractivity contribution in [1.82, 2.24) is 0 Å². The molecule has 84 valence electrons. The maximum atomic E-state index is 13.5. The van der Waals surface area contributed by atoms with Gasteiger partial charge in [-0.1, -0.05) is 42.8 Å². The van der Waals surface area contributed by atoms with E-state index in [2.05, 4.69) is 36.7 Å². The molecule has 0 saturated heterocycles. The average molecular weight is 291 g/mol. The third-order valence-electron chi connectivity index (χ3n) is 2.46. The summed E-state index contributed by atoms with van der Waals surface area (Å²) in [5, 5.41) is 0.563. The Balaban J connectivity index is 2.58. The van der Waals surface area contributed by atoms with Gasteiger partial charge in [0.1, 0.15) is 5.82 Å². The summed E-state index contributed by atoms with van der Waals surface area (Å²) in [6.07, 6.45) is 0. The third-order valence-corrected chi connectivity index (χ3v) is 4.50. The van der Waals surface area contributed by atoms with Gasteiger partial charge >= 0.3 is 0 Å². The average Bonchev–Trinajstić information content (AvgIpc) is 2.15. The summed E-state index contributed by atoms with van der Waals surface area (Å²) in [4.78, 5) is 0. The van der Waals surface area contributed by atoms with Crippen molar-refractivity contribution in [2.24, 2.45) is 5.92 Å². The van der Waals surface area contributed by atoms with Crippen molar-refractivity contribution < 1.29 is 4.39 Å². The van der Waals surface area contributed by atoms with E-state index in [4.69, 9.17) is 0 Å². The molecule has 0 fully saturated rings. The molecule has 0 N–H and O–H groups in total. The van der Waals surface area contributed by atoms with Gasteiger partial charge in [-0.3, -0.25) is 0 Å².